The molecule has 0 unspecified atom stereocenters. The maximum Gasteiger partial charge on any atom is 0.341 e. The SMILES string of the molecule is C[C@@H](OC(=O)c1cccc2cccnc12)C(=O)NC(C)(C)C. The zero-order chi connectivity index (χ0) is 16.3. The minimum Gasteiger partial charge on any atom is -0.449 e. The lowest BCUT2D eigenvalue weighted by atomic mass is 10.1. The standard InChI is InChI=1S/C17H20N2O3/c1-11(15(20)19-17(2,3)4)22-16(21)13-9-5-7-12-8-6-10-18-14(12)13/h5-11H,1-4H3,(H,19,20)/t11-/m1/s1. The Labute approximate surface area is 129 Å². The molecule has 1 heterocycles. The molecule has 1 amide bonds. The summed E-state index contributed by atoms with van der Waals surface area (Å²) in [5, 5.41) is 3.63. The average Bonchev–Trinajstić information content (AvgIpc) is 2.44. The highest BCUT2D eigenvalue weighted by atomic mass is 16.5. The Morgan fingerprint density at radius 3 is 2.55 bits per heavy atom. The van der Waals surface area contributed by atoms with Gasteiger partial charge in [0.15, 0.2) is 6.10 Å². The van der Waals surface area contributed by atoms with Crippen LogP contribution in [0.1, 0.15) is 38.1 Å². The molecule has 0 aliphatic rings. The molecule has 1 aromatic heterocycles. The van der Waals surface area contributed by atoms with Gasteiger partial charge in [0.05, 0.1) is 11.1 Å². The fraction of sp³-hybridized carbons (Fsp3) is 0.353. The van der Waals surface area contributed by atoms with E-state index in [1.165, 1.54) is 0 Å². The van der Waals surface area contributed by atoms with Crippen molar-refractivity contribution in [3.05, 3.63) is 42.1 Å². The molecule has 0 bridgehead atoms. The van der Waals surface area contributed by atoms with Crippen molar-refractivity contribution in [3.63, 3.8) is 0 Å². The number of aromatic nitrogens is 1. The Morgan fingerprint density at radius 1 is 1.18 bits per heavy atom. The quantitative estimate of drug-likeness (QED) is 0.885. The van der Waals surface area contributed by atoms with Gasteiger partial charge < -0.3 is 10.1 Å². The summed E-state index contributed by atoms with van der Waals surface area (Å²) in [7, 11) is 0. The van der Waals surface area contributed by atoms with E-state index in [4.69, 9.17) is 4.74 Å². The van der Waals surface area contributed by atoms with Crippen LogP contribution in [0.5, 0.6) is 0 Å². The monoisotopic (exact) mass is 300 g/mol. The summed E-state index contributed by atoms with van der Waals surface area (Å²) in [6.45, 7) is 7.16. The van der Waals surface area contributed by atoms with E-state index in [9.17, 15) is 9.59 Å². The molecule has 22 heavy (non-hydrogen) atoms. The molecular weight excluding hydrogens is 280 g/mol. The summed E-state index contributed by atoms with van der Waals surface area (Å²) in [4.78, 5) is 28.5. The number of fused-ring (bicyclic) bond motifs is 1. The molecule has 0 aliphatic carbocycles. The summed E-state index contributed by atoms with van der Waals surface area (Å²) < 4.78 is 5.26. The summed E-state index contributed by atoms with van der Waals surface area (Å²) in [5.41, 5.74) is 0.547. The Balaban J connectivity index is 2.16. The number of hydrogen-bond acceptors (Lipinski definition) is 4. The smallest absolute Gasteiger partial charge is 0.341 e. The molecule has 2 rings (SSSR count). The molecule has 0 fully saturated rings. The van der Waals surface area contributed by atoms with E-state index in [-0.39, 0.29) is 11.4 Å². The van der Waals surface area contributed by atoms with Gasteiger partial charge in [-0.3, -0.25) is 9.78 Å². The van der Waals surface area contributed by atoms with Crippen molar-refractivity contribution in [1.29, 1.82) is 0 Å². The van der Waals surface area contributed by atoms with Gasteiger partial charge in [-0.1, -0.05) is 18.2 Å². The number of carbonyl (C=O) groups is 2. The molecule has 5 heteroatoms. The number of benzene rings is 1. The predicted octanol–water partition coefficient (Wildman–Crippen LogP) is 2.69. The largest absolute Gasteiger partial charge is 0.449 e. The van der Waals surface area contributed by atoms with Crippen LogP contribution in [-0.4, -0.2) is 28.5 Å². The van der Waals surface area contributed by atoms with Gasteiger partial charge in [0.1, 0.15) is 0 Å². The third-order valence-electron chi connectivity index (χ3n) is 3.00. The highest BCUT2D eigenvalue weighted by Crippen LogP contribution is 2.17. The minimum absolute atomic E-state index is 0.325. The lowest BCUT2D eigenvalue weighted by molar-refractivity contribution is -0.130. The molecule has 2 aromatic rings. The first-order chi connectivity index (χ1) is 10.3. The molecule has 116 valence electrons. The lowest BCUT2D eigenvalue weighted by Crippen LogP contribution is -2.46. The number of nitrogens with zero attached hydrogens (tertiary/aromatic N) is 1. The van der Waals surface area contributed by atoms with Crippen LogP contribution < -0.4 is 5.32 Å². The number of hydrogen-bond donors (Lipinski definition) is 1. The van der Waals surface area contributed by atoms with Crippen LogP contribution in [0.2, 0.25) is 0 Å². The van der Waals surface area contributed by atoms with Crippen LogP contribution in [0, 0.1) is 0 Å². The summed E-state index contributed by atoms with van der Waals surface area (Å²) in [6.07, 6.45) is 0.750. The summed E-state index contributed by atoms with van der Waals surface area (Å²) >= 11 is 0. The van der Waals surface area contributed by atoms with Crippen LogP contribution in [-0.2, 0) is 9.53 Å². The van der Waals surface area contributed by atoms with Crippen LogP contribution in [0.25, 0.3) is 10.9 Å². The van der Waals surface area contributed by atoms with Gasteiger partial charge in [0.2, 0.25) is 0 Å². The molecule has 0 spiro atoms. The van der Waals surface area contributed by atoms with E-state index in [0.717, 1.165) is 5.39 Å². The number of pyridine rings is 1. The fourth-order valence-electron chi connectivity index (χ4n) is 2.02. The molecular formula is C17H20N2O3. The average molecular weight is 300 g/mol. The number of para-hydroxylation sites is 1. The molecule has 1 atom stereocenters. The molecule has 0 radical (unpaired) electrons. The molecule has 0 aliphatic heterocycles. The van der Waals surface area contributed by atoms with Crippen molar-refractivity contribution in [1.82, 2.24) is 10.3 Å². The Kier molecular flexibility index (Phi) is 4.45. The first kappa shape index (κ1) is 15.9. The topological polar surface area (TPSA) is 68.3 Å². The molecule has 5 nitrogen and oxygen atoms in total. The summed E-state index contributed by atoms with van der Waals surface area (Å²) in [6, 6.07) is 8.95. The molecule has 0 saturated heterocycles. The number of carbonyl (C=O) groups excluding carboxylic acids is 2. The van der Waals surface area contributed by atoms with Crippen molar-refractivity contribution < 1.29 is 14.3 Å². The zero-order valence-corrected chi connectivity index (χ0v) is 13.2. The normalized spacial score (nSPS) is 12.7. The second-order valence-corrected chi connectivity index (χ2v) is 6.17. The number of amides is 1. The highest BCUT2D eigenvalue weighted by molar-refractivity contribution is 6.03. The fourth-order valence-corrected chi connectivity index (χ4v) is 2.02. The maximum absolute atomic E-state index is 12.3. The number of ether oxygens (including phenoxy) is 1. The second-order valence-electron chi connectivity index (χ2n) is 6.17. The van der Waals surface area contributed by atoms with E-state index in [2.05, 4.69) is 10.3 Å². The molecule has 1 N–H and O–H groups in total. The van der Waals surface area contributed by atoms with Crippen LogP contribution in [0.4, 0.5) is 0 Å². The minimum atomic E-state index is -0.870. The zero-order valence-electron chi connectivity index (χ0n) is 13.2. The van der Waals surface area contributed by atoms with Gasteiger partial charge in [-0.25, -0.2) is 4.79 Å². The van der Waals surface area contributed by atoms with Crippen LogP contribution >= 0.6 is 0 Å². The number of rotatable bonds is 3. The number of esters is 1. The van der Waals surface area contributed by atoms with Crippen LogP contribution in [0.3, 0.4) is 0 Å². The molecule has 0 saturated carbocycles. The van der Waals surface area contributed by atoms with Gasteiger partial charge in [-0.2, -0.15) is 0 Å². The Morgan fingerprint density at radius 2 is 1.86 bits per heavy atom. The van der Waals surface area contributed by atoms with E-state index in [0.29, 0.717) is 11.1 Å². The first-order valence-corrected chi connectivity index (χ1v) is 7.15. The third kappa shape index (κ3) is 3.81. The van der Waals surface area contributed by atoms with E-state index >= 15 is 0 Å². The Bertz CT molecular complexity index is 699. The maximum atomic E-state index is 12.3. The van der Waals surface area contributed by atoms with Crippen LogP contribution in [0.15, 0.2) is 36.5 Å². The molecule has 1 aromatic carbocycles. The predicted molar refractivity (Wildman–Crippen MR) is 84.5 cm³/mol. The van der Waals surface area contributed by atoms with Gasteiger partial charge in [-0.05, 0) is 39.8 Å². The summed E-state index contributed by atoms with van der Waals surface area (Å²) in [5.74, 6) is -0.880. The van der Waals surface area contributed by atoms with Crippen molar-refractivity contribution in [2.24, 2.45) is 0 Å². The van der Waals surface area contributed by atoms with Crippen molar-refractivity contribution in [2.45, 2.75) is 39.3 Å². The third-order valence-corrected chi connectivity index (χ3v) is 3.00. The van der Waals surface area contributed by atoms with Crippen molar-refractivity contribution in [2.75, 3.05) is 0 Å². The van der Waals surface area contributed by atoms with Gasteiger partial charge in [-0.15, -0.1) is 0 Å². The second kappa shape index (κ2) is 6.13. The van der Waals surface area contributed by atoms with Gasteiger partial charge in [0.25, 0.3) is 5.91 Å². The van der Waals surface area contributed by atoms with Gasteiger partial charge in [0, 0.05) is 17.1 Å². The van der Waals surface area contributed by atoms with E-state index in [1.54, 1.807) is 31.3 Å². The van der Waals surface area contributed by atoms with Crippen molar-refractivity contribution in [3.8, 4) is 0 Å². The number of nitrogens with one attached hydrogen (secondary N) is 1. The van der Waals surface area contributed by atoms with E-state index in [1.807, 2.05) is 32.9 Å². The van der Waals surface area contributed by atoms with E-state index < -0.39 is 12.1 Å². The highest BCUT2D eigenvalue weighted by Gasteiger charge is 2.23. The Hall–Kier alpha value is -2.43. The lowest BCUT2D eigenvalue weighted by Gasteiger charge is -2.23. The first-order valence-electron chi connectivity index (χ1n) is 7.15. The van der Waals surface area contributed by atoms with Crippen molar-refractivity contribution >= 4 is 22.8 Å². The van der Waals surface area contributed by atoms with Gasteiger partial charge >= 0.3 is 5.97 Å².